The highest BCUT2D eigenvalue weighted by molar-refractivity contribution is 5.94. The molecule has 0 radical (unpaired) electrons. The fraction of sp³-hybridized carbons (Fsp3) is 0.111. The molecule has 0 saturated carbocycles. The number of hydrogen-bond acceptors (Lipinski definition) is 2. The minimum absolute atomic E-state index is 0.224. The fourth-order valence-corrected chi connectivity index (χ4v) is 2.97. The smallest absolute Gasteiger partial charge is 0.203 e. The summed E-state index contributed by atoms with van der Waals surface area (Å²) >= 11 is 0. The molecular weight excluding hydrogens is 276 g/mol. The van der Waals surface area contributed by atoms with E-state index >= 15 is 0 Å². The number of rotatable bonds is 2. The van der Waals surface area contributed by atoms with Crippen LogP contribution in [0.3, 0.4) is 0 Å². The lowest BCUT2D eigenvalue weighted by atomic mass is 10.2. The molecule has 2 aromatic heterocycles. The molecule has 0 saturated heterocycles. The van der Waals surface area contributed by atoms with Crippen molar-refractivity contribution in [1.82, 2.24) is 9.13 Å². The second-order valence-corrected chi connectivity index (χ2v) is 5.41. The first-order valence-electron chi connectivity index (χ1n) is 7.11. The minimum atomic E-state index is 0.224. The zero-order valence-corrected chi connectivity index (χ0v) is 12.4. The number of aryl methyl sites for hydroxylation is 1. The van der Waals surface area contributed by atoms with Crippen LogP contribution in [-0.4, -0.2) is 21.4 Å². The number of hydrogen-bond donors (Lipinski definition) is 1. The quantitative estimate of drug-likeness (QED) is 0.610. The van der Waals surface area contributed by atoms with E-state index in [2.05, 4.69) is 22.8 Å². The minimum Gasteiger partial charge on any atom is -0.496 e. The molecule has 0 atom stereocenters. The van der Waals surface area contributed by atoms with Gasteiger partial charge in [-0.15, -0.1) is 0 Å². The predicted molar refractivity (Wildman–Crippen MR) is 88.0 cm³/mol. The molecule has 22 heavy (non-hydrogen) atoms. The fourth-order valence-electron chi connectivity index (χ4n) is 2.97. The maximum Gasteiger partial charge on any atom is 0.203 e. The molecule has 0 aliphatic heterocycles. The van der Waals surface area contributed by atoms with E-state index < -0.39 is 0 Å². The molecule has 0 unspecified atom stereocenters. The maximum atomic E-state index is 10.6. The van der Waals surface area contributed by atoms with Crippen molar-refractivity contribution in [3.8, 4) is 17.3 Å². The number of aromatic nitrogens is 2. The summed E-state index contributed by atoms with van der Waals surface area (Å²) < 4.78 is 9.24. The van der Waals surface area contributed by atoms with Gasteiger partial charge >= 0.3 is 0 Å². The van der Waals surface area contributed by atoms with Gasteiger partial charge in [0.1, 0.15) is 5.75 Å². The summed E-state index contributed by atoms with van der Waals surface area (Å²) in [5, 5.41) is 13.4. The molecule has 2 heterocycles. The Morgan fingerprint density at radius 2 is 1.91 bits per heavy atom. The third-order valence-electron chi connectivity index (χ3n) is 4.16. The summed E-state index contributed by atoms with van der Waals surface area (Å²) in [7, 11) is 3.65. The first-order chi connectivity index (χ1) is 10.7. The first-order valence-corrected chi connectivity index (χ1v) is 7.11. The number of benzene rings is 2. The van der Waals surface area contributed by atoms with Crippen LogP contribution in [0.5, 0.6) is 11.6 Å². The van der Waals surface area contributed by atoms with Crippen molar-refractivity contribution in [3.63, 3.8) is 0 Å². The summed E-state index contributed by atoms with van der Waals surface area (Å²) in [6.07, 6.45) is 3.94. The van der Waals surface area contributed by atoms with E-state index in [1.807, 2.05) is 43.7 Å². The maximum absolute atomic E-state index is 10.6. The van der Waals surface area contributed by atoms with Crippen LogP contribution < -0.4 is 4.74 Å². The molecule has 0 amide bonds. The van der Waals surface area contributed by atoms with Crippen LogP contribution in [-0.2, 0) is 7.05 Å². The Morgan fingerprint density at radius 1 is 1.05 bits per heavy atom. The second-order valence-electron chi connectivity index (χ2n) is 5.41. The van der Waals surface area contributed by atoms with Crippen molar-refractivity contribution in [2.24, 2.45) is 7.05 Å². The van der Waals surface area contributed by atoms with E-state index in [1.54, 1.807) is 11.7 Å². The lowest BCUT2D eigenvalue weighted by molar-refractivity contribution is 0.420. The third kappa shape index (κ3) is 1.70. The number of fused-ring (bicyclic) bond motifs is 2. The van der Waals surface area contributed by atoms with Crippen LogP contribution in [0.15, 0.2) is 54.9 Å². The summed E-state index contributed by atoms with van der Waals surface area (Å²) in [6.45, 7) is 0. The van der Waals surface area contributed by atoms with E-state index in [0.717, 1.165) is 27.7 Å². The molecule has 0 aliphatic rings. The Labute approximate surface area is 127 Å². The topological polar surface area (TPSA) is 39.3 Å². The molecule has 0 aliphatic carbocycles. The van der Waals surface area contributed by atoms with Gasteiger partial charge in [-0.25, -0.2) is 0 Å². The normalized spacial score (nSPS) is 11.4. The molecular formula is C18H16N2O2. The van der Waals surface area contributed by atoms with Crippen molar-refractivity contribution in [2.45, 2.75) is 0 Å². The molecule has 1 N–H and O–H groups in total. The molecule has 110 valence electrons. The molecule has 4 rings (SSSR count). The van der Waals surface area contributed by atoms with Gasteiger partial charge in [0, 0.05) is 35.7 Å². The monoisotopic (exact) mass is 292 g/mol. The SMILES string of the molecule is COc1cccc2c(O)n(-c3ccc4ccn(C)c4c3)cc12. The third-order valence-corrected chi connectivity index (χ3v) is 4.16. The van der Waals surface area contributed by atoms with E-state index in [1.165, 1.54) is 5.39 Å². The summed E-state index contributed by atoms with van der Waals surface area (Å²) in [5.74, 6) is 0.981. The van der Waals surface area contributed by atoms with Crippen LogP contribution in [0.4, 0.5) is 0 Å². The van der Waals surface area contributed by atoms with Crippen molar-refractivity contribution < 1.29 is 9.84 Å². The zero-order valence-electron chi connectivity index (χ0n) is 12.4. The average Bonchev–Trinajstić information content (AvgIpc) is 3.08. The van der Waals surface area contributed by atoms with E-state index in [9.17, 15) is 5.11 Å². The molecule has 4 nitrogen and oxygen atoms in total. The van der Waals surface area contributed by atoms with Crippen molar-refractivity contribution in [1.29, 1.82) is 0 Å². The van der Waals surface area contributed by atoms with E-state index in [4.69, 9.17) is 4.74 Å². The van der Waals surface area contributed by atoms with Gasteiger partial charge in [0.25, 0.3) is 0 Å². The highest BCUT2D eigenvalue weighted by Gasteiger charge is 2.13. The standard InChI is InChI=1S/C18H16N2O2/c1-19-9-8-12-6-7-13(10-16(12)19)20-11-15-14(18(20)21)4-3-5-17(15)22-2/h3-11,21H,1-2H3. The molecule has 2 aromatic carbocycles. The van der Waals surface area contributed by atoms with Gasteiger partial charge in [-0.2, -0.15) is 0 Å². The Morgan fingerprint density at radius 3 is 2.73 bits per heavy atom. The number of methoxy groups -OCH3 is 1. The van der Waals surface area contributed by atoms with Gasteiger partial charge in [-0.05, 0) is 35.7 Å². The summed E-state index contributed by atoms with van der Waals surface area (Å²) in [4.78, 5) is 0. The van der Waals surface area contributed by atoms with Gasteiger partial charge in [0.2, 0.25) is 5.88 Å². The molecule has 4 heteroatoms. The van der Waals surface area contributed by atoms with Crippen LogP contribution in [0, 0.1) is 0 Å². The van der Waals surface area contributed by atoms with Crippen molar-refractivity contribution >= 4 is 21.7 Å². The largest absolute Gasteiger partial charge is 0.496 e. The average molecular weight is 292 g/mol. The second kappa shape index (κ2) is 4.56. The van der Waals surface area contributed by atoms with Crippen molar-refractivity contribution in [3.05, 3.63) is 54.9 Å². The Bertz CT molecular complexity index is 995. The Kier molecular flexibility index (Phi) is 2.66. The lowest BCUT2D eigenvalue weighted by Gasteiger charge is -2.06. The molecule has 0 bridgehead atoms. The zero-order chi connectivity index (χ0) is 15.3. The van der Waals surface area contributed by atoms with Gasteiger partial charge in [-0.1, -0.05) is 12.1 Å². The highest BCUT2D eigenvalue weighted by Crippen LogP contribution is 2.35. The number of ether oxygens (including phenoxy) is 1. The van der Waals surface area contributed by atoms with Crippen LogP contribution >= 0.6 is 0 Å². The Hall–Kier alpha value is -2.88. The first kappa shape index (κ1) is 12.8. The highest BCUT2D eigenvalue weighted by atomic mass is 16.5. The van der Waals surface area contributed by atoms with Gasteiger partial charge in [-0.3, -0.25) is 4.57 Å². The van der Waals surface area contributed by atoms with Crippen molar-refractivity contribution in [2.75, 3.05) is 7.11 Å². The van der Waals surface area contributed by atoms with Gasteiger partial charge in [0.05, 0.1) is 12.8 Å². The van der Waals surface area contributed by atoms with E-state index in [-0.39, 0.29) is 5.88 Å². The van der Waals surface area contributed by atoms with Gasteiger partial charge < -0.3 is 14.4 Å². The molecule has 4 aromatic rings. The Balaban J connectivity index is 1.99. The number of nitrogens with zero attached hydrogens (tertiary/aromatic N) is 2. The van der Waals surface area contributed by atoms with Crippen LogP contribution in [0.25, 0.3) is 27.4 Å². The molecule has 0 fully saturated rings. The predicted octanol–water partition coefficient (Wildman–Crippen LogP) is 3.84. The number of aromatic hydroxyl groups is 1. The van der Waals surface area contributed by atoms with Gasteiger partial charge in [0.15, 0.2) is 0 Å². The van der Waals surface area contributed by atoms with E-state index in [0.29, 0.717) is 0 Å². The van der Waals surface area contributed by atoms with Crippen LogP contribution in [0.2, 0.25) is 0 Å². The molecule has 0 spiro atoms. The lowest BCUT2D eigenvalue weighted by Crippen LogP contribution is -1.92. The van der Waals surface area contributed by atoms with Crippen LogP contribution in [0.1, 0.15) is 0 Å². The summed E-state index contributed by atoms with van der Waals surface area (Å²) in [6, 6.07) is 13.9. The summed E-state index contributed by atoms with van der Waals surface area (Å²) in [5.41, 5.74) is 2.05.